The van der Waals surface area contributed by atoms with E-state index in [4.69, 9.17) is 8.92 Å². The zero-order valence-electron chi connectivity index (χ0n) is 19.7. The van der Waals surface area contributed by atoms with Crippen molar-refractivity contribution < 1.29 is 26.5 Å². The number of thiazole rings is 1. The van der Waals surface area contributed by atoms with Gasteiger partial charge in [-0.15, -0.1) is 11.3 Å². The van der Waals surface area contributed by atoms with Crippen LogP contribution in [0.5, 0.6) is 5.88 Å². The summed E-state index contributed by atoms with van der Waals surface area (Å²) in [5.74, 6) is -0.902. The zero-order valence-corrected chi connectivity index (χ0v) is 21.4. The van der Waals surface area contributed by atoms with Gasteiger partial charge in [-0.3, -0.25) is 9.20 Å². The minimum atomic E-state index is -4.18. The molecule has 12 heteroatoms. The van der Waals surface area contributed by atoms with E-state index in [0.717, 1.165) is 23.0 Å². The predicted octanol–water partition coefficient (Wildman–Crippen LogP) is 3.89. The Bertz CT molecular complexity index is 1410. The molecule has 0 bridgehead atoms. The lowest BCUT2D eigenvalue weighted by Crippen LogP contribution is -2.46. The molecule has 2 atom stereocenters. The lowest BCUT2D eigenvalue weighted by molar-refractivity contribution is 0.0113. The van der Waals surface area contributed by atoms with Crippen LogP contribution in [-0.4, -0.2) is 53.7 Å². The Kier molecular flexibility index (Phi) is 6.62. The van der Waals surface area contributed by atoms with E-state index in [-0.39, 0.29) is 22.3 Å². The van der Waals surface area contributed by atoms with Crippen molar-refractivity contribution in [1.82, 2.24) is 14.3 Å². The van der Waals surface area contributed by atoms with Crippen molar-refractivity contribution in [3.63, 3.8) is 0 Å². The largest absolute Gasteiger partial charge is 0.444 e. The number of halogens is 1. The summed E-state index contributed by atoms with van der Waals surface area (Å²) in [6.45, 7) is 7.24. The van der Waals surface area contributed by atoms with Gasteiger partial charge in [-0.2, -0.15) is 13.4 Å². The molecule has 1 aliphatic heterocycles. The van der Waals surface area contributed by atoms with E-state index in [9.17, 15) is 18.0 Å². The number of benzene rings is 1. The van der Waals surface area contributed by atoms with E-state index < -0.39 is 39.5 Å². The minimum Gasteiger partial charge on any atom is -0.444 e. The zero-order chi connectivity index (χ0) is 25.5. The molecule has 3 aromatic rings. The maximum Gasteiger partial charge on any atom is 0.410 e. The number of fused-ring (bicyclic) bond motifs is 1. The van der Waals surface area contributed by atoms with Crippen LogP contribution < -0.4 is 9.74 Å². The summed E-state index contributed by atoms with van der Waals surface area (Å²) in [5, 5.41) is 0. The Morgan fingerprint density at radius 1 is 1.23 bits per heavy atom. The smallest absolute Gasteiger partial charge is 0.410 e. The van der Waals surface area contributed by atoms with Crippen LogP contribution in [0.1, 0.15) is 43.6 Å². The molecule has 1 amide bonds. The van der Waals surface area contributed by atoms with Gasteiger partial charge in [0.15, 0.2) is 4.96 Å². The van der Waals surface area contributed by atoms with Crippen molar-refractivity contribution in [3.8, 4) is 5.88 Å². The Balaban J connectivity index is 1.53. The molecule has 0 unspecified atom stereocenters. The second-order valence-corrected chi connectivity index (χ2v) is 12.0. The Morgan fingerprint density at radius 2 is 1.91 bits per heavy atom. The van der Waals surface area contributed by atoms with Crippen molar-refractivity contribution in [2.75, 3.05) is 13.1 Å². The number of amides is 1. The number of ether oxygens (including phenoxy) is 1. The number of alkyl halides is 1. The number of aryl methyl sites for hydroxylation is 1. The number of hydrogen-bond donors (Lipinski definition) is 0. The molecule has 35 heavy (non-hydrogen) atoms. The first-order valence-corrected chi connectivity index (χ1v) is 13.2. The van der Waals surface area contributed by atoms with E-state index in [1.807, 2.05) is 6.92 Å². The van der Waals surface area contributed by atoms with Crippen LogP contribution in [0.25, 0.3) is 4.96 Å². The van der Waals surface area contributed by atoms with E-state index >= 15 is 4.39 Å². The summed E-state index contributed by atoms with van der Waals surface area (Å²) >= 11 is 1.08. The molecule has 3 heterocycles. The average Bonchev–Trinajstić information content (AvgIpc) is 3.17. The van der Waals surface area contributed by atoms with Crippen molar-refractivity contribution in [2.45, 2.75) is 56.7 Å². The SMILES string of the molecule is Cc1ccc(S(=O)(=O)Oc2cc(=O)n3cc([C@@H]4CCN(C(=O)OC(C)(C)C)C[C@@H]4F)sc3n2)cc1. The molecule has 1 aromatic carbocycles. The lowest BCUT2D eigenvalue weighted by atomic mass is 9.94. The first-order chi connectivity index (χ1) is 16.3. The number of hydrogen-bond acceptors (Lipinski definition) is 8. The van der Waals surface area contributed by atoms with Crippen LogP contribution in [-0.2, 0) is 14.9 Å². The van der Waals surface area contributed by atoms with Gasteiger partial charge in [0.1, 0.15) is 16.7 Å². The molecule has 2 aromatic heterocycles. The van der Waals surface area contributed by atoms with Crippen molar-refractivity contribution in [3.05, 3.63) is 57.3 Å². The van der Waals surface area contributed by atoms with Gasteiger partial charge in [0, 0.05) is 23.5 Å². The van der Waals surface area contributed by atoms with Crippen LogP contribution in [0.3, 0.4) is 0 Å². The normalized spacial score (nSPS) is 19.1. The van der Waals surface area contributed by atoms with Gasteiger partial charge in [-0.05, 0) is 46.2 Å². The number of nitrogens with zero attached hydrogens (tertiary/aromatic N) is 3. The monoisotopic (exact) mass is 523 g/mol. The van der Waals surface area contributed by atoms with E-state index in [2.05, 4.69) is 4.98 Å². The first-order valence-electron chi connectivity index (χ1n) is 11.0. The van der Waals surface area contributed by atoms with Gasteiger partial charge in [-0.25, -0.2) is 9.18 Å². The van der Waals surface area contributed by atoms with E-state index in [1.165, 1.54) is 27.6 Å². The highest BCUT2D eigenvalue weighted by Crippen LogP contribution is 2.35. The highest BCUT2D eigenvalue weighted by molar-refractivity contribution is 7.87. The molecule has 0 saturated carbocycles. The molecule has 0 aliphatic carbocycles. The third kappa shape index (κ3) is 5.64. The van der Waals surface area contributed by atoms with Crippen LogP contribution in [0.4, 0.5) is 9.18 Å². The van der Waals surface area contributed by atoms with Crippen LogP contribution in [0, 0.1) is 6.92 Å². The fourth-order valence-corrected chi connectivity index (χ4v) is 5.74. The molecular formula is C23H26FN3O6S2. The van der Waals surface area contributed by atoms with Crippen LogP contribution in [0.15, 0.2) is 46.2 Å². The number of likely N-dealkylation sites (tertiary alicyclic amines) is 1. The summed E-state index contributed by atoms with van der Waals surface area (Å²) in [7, 11) is -4.18. The minimum absolute atomic E-state index is 0.0611. The van der Waals surface area contributed by atoms with Gasteiger partial charge in [0.05, 0.1) is 12.6 Å². The number of rotatable bonds is 4. The highest BCUT2D eigenvalue weighted by atomic mass is 32.2. The molecule has 1 saturated heterocycles. The molecule has 9 nitrogen and oxygen atoms in total. The first kappa shape index (κ1) is 25.1. The predicted molar refractivity (Wildman–Crippen MR) is 128 cm³/mol. The summed E-state index contributed by atoms with van der Waals surface area (Å²) in [6.07, 6.45) is -0.0803. The molecule has 1 aliphatic rings. The summed E-state index contributed by atoms with van der Waals surface area (Å²) in [6, 6.07) is 7.06. The van der Waals surface area contributed by atoms with Crippen molar-refractivity contribution >= 4 is 32.5 Å². The van der Waals surface area contributed by atoms with Crippen molar-refractivity contribution in [1.29, 1.82) is 0 Å². The highest BCUT2D eigenvalue weighted by Gasteiger charge is 2.35. The fraction of sp³-hybridized carbons (Fsp3) is 0.435. The summed E-state index contributed by atoms with van der Waals surface area (Å²) < 4.78 is 51.9. The quantitative estimate of drug-likeness (QED) is 0.478. The molecule has 0 spiro atoms. The van der Waals surface area contributed by atoms with Gasteiger partial charge in [0.25, 0.3) is 5.56 Å². The third-order valence-corrected chi connectivity index (χ3v) is 7.78. The maximum atomic E-state index is 15.1. The average molecular weight is 524 g/mol. The molecule has 1 fully saturated rings. The summed E-state index contributed by atoms with van der Waals surface area (Å²) in [5.41, 5.74) is -0.339. The maximum absolute atomic E-state index is 15.1. The Morgan fingerprint density at radius 3 is 2.54 bits per heavy atom. The number of carbonyl (C=O) groups is 1. The van der Waals surface area contributed by atoms with Crippen molar-refractivity contribution in [2.24, 2.45) is 0 Å². The second kappa shape index (κ2) is 9.23. The Hall–Kier alpha value is -2.99. The molecule has 0 radical (unpaired) electrons. The molecule has 188 valence electrons. The van der Waals surface area contributed by atoms with Crippen LogP contribution >= 0.6 is 11.3 Å². The third-order valence-electron chi connectivity index (χ3n) is 5.43. The van der Waals surface area contributed by atoms with Gasteiger partial charge < -0.3 is 13.8 Å². The fourth-order valence-electron chi connectivity index (χ4n) is 3.70. The number of carbonyl (C=O) groups excluding carboxylic acids is 1. The van der Waals surface area contributed by atoms with Crippen LogP contribution in [0.2, 0.25) is 0 Å². The number of piperidine rings is 1. The molecular weight excluding hydrogens is 497 g/mol. The van der Waals surface area contributed by atoms with Gasteiger partial charge >= 0.3 is 16.2 Å². The second-order valence-electron chi connectivity index (χ2n) is 9.41. The summed E-state index contributed by atoms with van der Waals surface area (Å²) in [4.78, 5) is 31.1. The van der Waals surface area contributed by atoms with E-state index in [1.54, 1.807) is 32.9 Å². The Labute approximate surface area is 206 Å². The lowest BCUT2D eigenvalue weighted by Gasteiger charge is -2.35. The molecule has 0 N–H and O–H groups in total. The number of aromatic nitrogens is 2. The standard InChI is InChI=1S/C23H26FN3O6S2/c1-14-5-7-15(8-6-14)35(30,31)33-19-11-20(28)27-13-18(34-21(27)25-19)16-9-10-26(12-17(16)24)22(29)32-23(2,3)4/h5-8,11,13,16-17H,9-10,12H2,1-4H3/t16-,17+/m1/s1. The molecule has 4 rings (SSSR count). The topological polar surface area (TPSA) is 107 Å². The van der Waals surface area contributed by atoms with Gasteiger partial charge in [-0.1, -0.05) is 17.7 Å². The van der Waals surface area contributed by atoms with E-state index in [0.29, 0.717) is 17.8 Å². The van der Waals surface area contributed by atoms with Gasteiger partial charge in [0.2, 0.25) is 5.88 Å².